The van der Waals surface area contributed by atoms with Crippen molar-refractivity contribution in [3.63, 3.8) is 0 Å². The number of hydrogen-bond donors (Lipinski definition) is 2. The fourth-order valence-electron chi connectivity index (χ4n) is 6.82. The van der Waals surface area contributed by atoms with Crippen LogP contribution in [0, 0.1) is 11.8 Å². The quantitative estimate of drug-likeness (QED) is 0.301. The summed E-state index contributed by atoms with van der Waals surface area (Å²) in [5.41, 5.74) is -0.646. The SMILES string of the molecule is CC(C)N1CC=C[C@]23O[C@@H]4/C=C\CCC(=O)N[C@H](C)[C@@H](c5ccccc5)OC(=O)[C@@H]4[C@H]2C(=O)N(CCCCO)[C@@H]3C1=O. The van der Waals surface area contributed by atoms with Gasteiger partial charge in [0.2, 0.25) is 17.7 Å². The molecule has 0 aliphatic carbocycles. The van der Waals surface area contributed by atoms with Gasteiger partial charge in [0, 0.05) is 32.2 Å². The van der Waals surface area contributed by atoms with Gasteiger partial charge in [-0.25, -0.2) is 0 Å². The molecular weight excluding hydrogens is 538 g/mol. The molecule has 4 aliphatic rings. The standard InChI is InChI=1S/C32H41N3O7/c1-20(2)34-18-11-16-32-26(29(38)35(17-9-10-19-36)28(32)30(34)39)25-23(42-32)14-7-8-15-24(37)33-21(3)27(41-31(25)40)22-12-5-4-6-13-22/h4-7,11-14,16,20-21,23,25-28,36H,8-10,15,17-19H2,1-3H3,(H,33,37)/b14-7-/t21-,23-,25+,26+,27+,28-,32+/m1/s1. The first-order valence-electron chi connectivity index (χ1n) is 15.0. The van der Waals surface area contributed by atoms with E-state index < -0.39 is 47.7 Å². The molecule has 7 atom stereocenters. The second kappa shape index (κ2) is 12.4. The molecule has 2 saturated heterocycles. The zero-order valence-corrected chi connectivity index (χ0v) is 24.5. The van der Waals surface area contributed by atoms with E-state index in [1.54, 1.807) is 35.0 Å². The summed E-state index contributed by atoms with van der Waals surface area (Å²) in [6.07, 6.45) is 7.22. The predicted octanol–water partition coefficient (Wildman–Crippen LogP) is 2.29. The summed E-state index contributed by atoms with van der Waals surface area (Å²) in [6, 6.07) is 7.62. The van der Waals surface area contributed by atoms with Crippen molar-refractivity contribution in [3.8, 4) is 0 Å². The molecule has 0 aromatic heterocycles. The molecule has 10 heteroatoms. The Hall–Kier alpha value is -3.50. The van der Waals surface area contributed by atoms with E-state index in [1.165, 1.54) is 0 Å². The summed E-state index contributed by atoms with van der Waals surface area (Å²) in [7, 11) is 0. The van der Waals surface area contributed by atoms with E-state index in [-0.39, 0.29) is 43.3 Å². The largest absolute Gasteiger partial charge is 0.455 e. The Kier molecular flexibility index (Phi) is 8.84. The van der Waals surface area contributed by atoms with Gasteiger partial charge in [-0.1, -0.05) is 54.6 Å². The van der Waals surface area contributed by atoms with Gasteiger partial charge in [-0.15, -0.1) is 0 Å². The first-order valence-corrected chi connectivity index (χ1v) is 15.0. The maximum absolute atomic E-state index is 14.3. The molecule has 226 valence electrons. The second-order valence-electron chi connectivity index (χ2n) is 11.9. The van der Waals surface area contributed by atoms with E-state index in [9.17, 15) is 24.3 Å². The van der Waals surface area contributed by atoms with Gasteiger partial charge in [0.1, 0.15) is 23.7 Å². The number of cyclic esters (lactones) is 1. The Balaban J connectivity index is 1.59. The molecule has 4 heterocycles. The maximum Gasteiger partial charge on any atom is 0.313 e. The number of ether oxygens (including phenoxy) is 2. The average molecular weight is 580 g/mol. The van der Waals surface area contributed by atoms with Gasteiger partial charge >= 0.3 is 5.97 Å². The lowest BCUT2D eigenvalue weighted by Crippen LogP contribution is -2.56. The van der Waals surface area contributed by atoms with Crippen molar-refractivity contribution >= 4 is 23.7 Å². The fourth-order valence-corrected chi connectivity index (χ4v) is 6.82. The third-order valence-corrected chi connectivity index (χ3v) is 8.81. The topological polar surface area (TPSA) is 125 Å². The van der Waals surface area contributed by atoms with Crippen LogP contribution in [0.15, 0.2) is 54.6 Å². The number of aliphatic hydroxyl groups excluding tert-OH is 1. The number of unbranched alkanes of at least 4 members (excludes halogenated alkanes) is 1. The van der Waals surface area contributed by atoms with Gasteiger partial charge in [-0.3, -0.25) is 19.2 Å². The number of aliphatic hydroxyl groups is 1. The number of fused-ring (bicyclic) bond motifs is 2. The average Bonchev–Trinajstić information content (AvgIpc) is 3.34. The van der Waals surface area contributed by atoms with Crippen molar-refractivity contribution < 1.29 is 33.8 Å². The third kappa shape index (κ3) is 5.38. The Morgan fingerprint density at radius 1 is 1.07 bits per heavy atom. The Morgan fingerprint density at radius 3 is 2.55 bits per heavy atom. The lowest BCUT2D eigenvalue weighted by atomic mass is 9.77. The highest BCUT2D eigenvalue weighted by Gasteiger charge is 2.71. The Labute approximate surface area is 246 Å². The number of hydrogen-bond acceptors (Lipinski definition) is 7. The van der Waals surface area contributed by atoms with Crippen LogP contribution < -0.4 is 5.32 Å². The van der Waals surface area contributed by atoms with Crippen LogP contribution in [-0.4, -0.2) is 88.1 Å². The zero-order valence-electron chi connectivity index (χ0n) is 24.5. The number of carbonyl (C=O) groups excluding carboxylic acids is 4. The minimum absolute atomic E-state index is 0.0266. The first-order chi connectivity index (χ1) is 20.2. The molecule has 3 amide bonds. The molecule has 0 bridgehead atoms. The third-order valence-electron chi connectivity index (χ3n) is 8.81. The Morgan fingerprint density at radius 2 is 1.83 bits per heavy atom. The van der Waals surface area contributed by atoms with Crippen LogP contribution in [-0.2, 0) is 28.7 Å². The van der Waals surface area contributed by atoms with E-state index in [0.717, 1.165) is 5.56 Å². The molecule has 1 aromatic rings. The minimum atomic E-state index is -1.36. The monoisotopic (exact) mass is 579 g/mol. The van der Waals surface area contributed by atoms with Crippen molar-refractivity contribution in [2.75, 3.05) is 19.7 Å². The molecule has 2 N–H and O–H groups in total. The minimum Gasteiger partial charge on any atom is -0.455 e. The summed E-state index contributed by atoms with van der Waals surface area (Å²) < 4.78 is 12.9. The number of likely N-dealkylation sites (tertiary alicyclic amines) is 1. The van der Waals surface area contributed by atoms with E-state index in [2.05, 4.69) is 5.32 Å². The van der Waals surface area contributed by atoms with Crippen LogP contribution in [0.3, 0.4) is 0 Å². The van der Waals surface area contributed by atoms with Gasteiger partial charge in [0.15, 0.2) is 0 Å². The van der Waals surface area contributed by atoms with Crippen molar-refractivity contribution in [1.29, 1.82) is 0 Å². The lowest BCUT2D eigenvalue weighted by molar-refractivity contribution is -0.161. The number of rotatable bonds is 6. The van der Waals surface area contributed by atoms with Gasteiger partial charge in [-0.05, 0) is 45.6 Å². The van der Waals surface area contributed by atoms with Crippen LogP contribution >= 0.6 is 0 Å². The van der Waals surface area contributed by atoms with Crippen LogP contribution in [0.4, 0.5) is 0 Å². The molecule has 5 rings (SSSR count). The summed E-state index contributed by atoms with van der Waals surface area (Å²) in [6.45, 7) is 6.24. The van der Waals surface area contributed by atoms with Crippen molar-refractivity contribution in [1.82, 2.24) is 15.1 Å². The summed E-state index contributed by atoms with van der Waals surface area (Å²) >= 11 is 0. The molecule has 42 heavy (non-hydrogen) atoms. The highest BCUT2D eigenvalue weighted by Crippen LogP contribution is 2.53. The maximum atomic E-state index is 14.3. The number of esters is 1. The molecule has 0 saturated carbocycles. The van der Waals surface area contributed by atoms with Crippen molar-refractivity contribution in [2.24, 2.45) is 11.8 Å². The predicted molar refractivity (Wildman–Crippen MR) is 154 cm³/mol. The highest BCUT2D eigenvalue weighted by molar-refractivity contribution is 5.99. The molecule has 0 unspecified atom stereocenters. The first kappa shape index (κ1) is 30.0. The van der Waals surface area contributed by atoms with E-state index >= 15 is 0 Å². The smallest absolute Gasteiger partial charge is 0.313 e. The van der Waals surface area contributed by atoms with Crippen molar-refractivity contribution in [3.05, 3.63) is 60.2 Å². The molecule has 4 aliphatic heterocycles. The van der Waals surface area contributed by atoms with E-state index in [1.807, 2.05) is 50.3 Å². The van der Waals surface area contributed by atoms with Crippen LogP contribution in [0.2, 0.25) is 0 Å². The Bertz CT molecular complexity index is 1250. The van der Waals surface area contributed by atoms with Gasteiger partial charge in [-0.2, -0.15) is 0 Å². The van der Waals surface area contributed by atoms with E-state index in [4.69, 9.17) is 9.47 Å². The highest BCUT2D eigenvalue weighted by atomic mass is 16.6. The van der Waals surface area contributed by atoms with Gasteiger partial charge in [0.05, 0.1) is 18.1 Å². The number of benzene rings is 1. The number of allylic oxidation sites excluding steroid dienone is 1. The zero-order chi connectivity index (χ0) is 30.0. The molecule has 1 spiro atoms. The number of amides is 3. The summed E-state index contributed by atoms with van der Waals surface area (Å²) in [5.74, 6) is -3.31. The molecular formula is C32H41N3O7. The van der Waals surface area contributed by atoms with Crippen molar-refractivity contribution in [2.45, 2.75) is 82.4 Å². The summed E-state index contributed by atoms with van der Waals surface area (Å²) in [5, 5.41) is 12.3. The molecule has 2 fully saturated rings. The molecule has 1 aromatic carbocycles. The number of carbonyl (C=O) groups is 4. The van der Waals surface area contributed by atoms with Gasteiger partial charge in [0.25, 0.3) is 0 Å². The fraction of sp³-hybridized carbons (Fsp3) is 0.562. The van der Waals surface area contributed by atoms with Crippen LogP contribution in [0.1, 0.15) is 58.1 Å². The number of nitrogens with zero attached hydrogens (tertiary/aromatic N) is 2. The summed E-state index contributed by atoms with van der Waals surface area (Å²) in [4.78, 5) is 58.6. The molecule has 10 nitrogen and oxygen atoms in total. The van der Waals surface area contributed by atoms with E-state index in [0.29, 0.717) is 25.8 Å². The lowest BCUT2D eigenvalue weighted by Gasteiger charge is -2.36. The second-order valence-corrected chi connectivity index (χ2v) is 11.9. The number of nitrogens with one attached hydrogen (secondary N) is 1. The normalized spacial score (nSPS) is 34.1. The molecule has 0 radical (unpaired) electrons. The van der Waals surface area contributed by atoms with Gasteiger partial charge < -0.3 is 29.7 Å². The van der Waals surface area contributed by atoms with Crippen LogP contribution in [0.25, 0.3) is 0 Å². The van der Waals surface area contributed by atoms with Crippen LogP contribution in [0.5, 0.6) is 0 Å².